The van der Waals surface area contributed by atoms with Crippen LogP contribution in [0.3, 0.4) is 0 Å². The number of halogens is 2. The Balaban J connectivity index is 2.39. The zero-order chi connectivity index (χ0) is 9.84. The van der Waals surface area contributed by atoms with Crippen LogP contribution in [0.4, 0.5) is 8.78 Å². The molecule has 74 valence electrons. The highest BCUT2D eigenvalue weighted by molar-refractivity contribution is 5.70. The molecule has 0 heterocycles. The van der Waals surface area contributed by atoms with E-state index >= 15 is 0 Å². The van der Waals surface area contributed by atoms with Crippen molar-refractivity contribution in [2.24, 2.45) is 11.8 Å². The van der Waals surface area contributed by atoms with E-state index in [9.17, 15) is 13.6 Å². The third kappa shape index (κ3) is 3.13. The lowest BCUT2D eigenvalue weighted by Crippen LogP contribution is -2.20. The molecule has 0 bridgehead atoms. The number of carbonyl (C=O) groups is 1. The quantitative estimate of drug-likeness (QED) is 0.726. The normalized spacial score (nSPS) is 28.2. The Bertz CT molecular complexity index is 214. The van der Waals surface area contributed by atoms with E-state index in [-0.39, 0.29) is 11.8 Å². The van der Waals surface area contributed by atoms with Gasteiger partial charge in [0, 0.05) is 0 Å². The predicted molar refractivity (Wildman–Crippen MR) is 43.4 cm³/mol. The summed E-state index contributed by atoms with van der Waals surface area (Å²) in [6.07, 6.45) is 1.45. The molecule has 0 atom stereocenters. The van der Waals surface area contributed by atoms with E-state index in [4.69, 9.17) is 5.11 Å². The van der Waals surface area contributed by atoms with Crippen LogP contribution >= 0.6 is 0 Å². The van der Waals surface area contributed by atoms with E-state index in [1.807, 2.05) is 0 Å². The van der Waals surface area contributed by atoms with E-state index in [0.717, 1.165) is 6.08 Å². The first-order valence-electron chi connectivity index (χ1n) is 4.35. The molecule has 0 aromatic heterocycles. The number of hydrogen-bond acceptors (Lipinski definition) is 1. The highest BCUT2D eigenvalue weighted by Gasteiger charge is 2.25. The SMILES string of the molecule is O=C(O)C1CCC(C=C(F)F)CC1. The zero-order valence-corrected chi connectivity index (χ0v) is 7.17. The van der Waals surface area contributed by atoms with E-state index in [2.05, 4.69) is 0 Å². The summed E-state index contributed by atoms with van der Waals surface area (Å²) in [5, 5.41) is 8.64. The lowest BCUT2D eigenvalue weighted by Gasteiger charge is -2.23. The molecule has 0 aromatic rings. The fourth-order valence-corrected chi connectivity index (χ4v) is 1.71. The molecule has 1 aliphatic rings. The molecule has 0 saturated heterocycles. The fourth-order valence-electron chi connectivity index (χ4n) is 1.71. The van der Waals surface area contributed by atoms with Crippen LogP contribution in [0.2, 0.25) is 0 Å². The Morgan fingerprint density at radius 3 is 2.15 bits per heavy atom. The highest BCUT2D eigenvalue weighted by atomic mass is 19.3. The van der Waals surface area contributed by atoms with Gasteiger partial charge in [0.15, 0.2) is 0 Å². The molecule has 0 amide bonds. The van der Waals surface area contributed by atoms with Crippen molar-refractivity contribution in [2.45, 2.75) is 25.7 Å². The molecule has 2 nitrogen and oxygen atoms in total. The van der Waals surface area contributed by atoms with Crippen molar-refractivity contribution in [3.05, 3.63) is 12.2 Å². The summed E-state index contributed by atoms with van der Waals surface area (Å²) < 4.78 is 23.6. The van der Waals surface area contributed by atoms with Crippen molar-refractivity contribution in [2.75, 3.05) is 0 Å². The van der Waals surface area contributed by atoms with Crippen molar-refractivity contribution < 1.29 is 18.7 Å². The minimum absolute atomic E-state index is 0.124. The molecule has 1 aliphatic carbocycles. The second kappa shape index (κ2) is 4.35. The first-order valence-corrected chi connectivity index (χ1v) is 4.35. The van der Waals surface area contributed by atoms with Crippen LogP contribution in [0.15, 0.2) is 12.2 Å². The fraction of sp³-hybridized carbons (Fsp3) is 0.667. The molecular weight excluding hydrogens is 178 g/mol. The average molecular weight is 190 g/mol. The Hall–Kier alpha value is -0.930. The minimum Gasteiger partial charge on any atom is -0.481 e. The lowest BCUT2D eigenvalue weighted by molar-refractivity contribution is -0.142. The first kappa shape index (κ1) is 10.2. The topological polar surface area (TPSA) is 37.3 Å². The van der Waals surface area contributed by atoms with Gasteiger partial charge >= 0.3 is 5.97 Å². The van der Waals surface area contributed by atoms with Gasteiger partial charge in [-0.05, 0) is 37.7 Å². The monoisotopic (exact) mass is 190 g/mol. The lowest BCUT2D eigenvalue weighted by atomic mass is 9.82. The van der Waals surface area contributed by atoms with Crippen molar-refractivity contribution in [3.8, 4) is 0 Å². The minimum atomic E-state index is -1.65. The molecule has 0 aliphatic heterocycles. The van der Waals surface area contributed by atoms with Gasteiger partial charge in [-0.2, -0.15) is 8.78 Å². The smallest absolute Gasteiger partial charge is 0.306 e. The average Bonchev–Trinajstić information content (AvgIpc) is 2.04. The first-order chi connectivity index (χ1) is 6.09. The molecule has 0 unspecified atom stereocenters. The van der Waals surface area contributed by atoms with Crippen LogP contribution in [0.5, 0.6) is 0 Å². The number of aliphatic carboxylic acids is 1. The number of allylic oxidation sites excluding steroid dienone is 1. The Kier molecular flexibility index (Phi) is 3.39. The van der Waals surface area contributed by atoms with E-state index in [1.54, 1.807) is 0 Å². The number of rotatable bonds is 2. The molecule has 1 saturated carbocycles. The van der Waals surface area contributed by atoms with Gasteiger partial charge in [-0.3, -0.25) is 4.79 Å². The van der Waals surface area contributed by atoms with E-state index < -0.39 is 12.0 Å². The molecule has 1 fully saturated rings. The largest absolute Gasteiger partial charge is 0.481 e. The van der Waals surface area contributed by atoms with Crippen molar-refractivity contribution in [3.63, 3.8) is 0 Å². The zero-order valence-electron chi connectivity index (χ0n) is 7.17. The van der Waals surface area contributed by atoms with Gasteiger partial charge in [0.1, 0.15) is 0 Å². The van der Waals surface area contributed by atoms with Crippen LogP contribution in [0, 0.1) is 11.8 Å². The number of carboxylic acids is 1. The maximum atomic E-state index is 11.8. The second-order valence-electron chi connectivity index (χ2n) is 3.41. The van der Waals surface area contributed by atoms with Crippen molar-refractivity contribution in [1.82, 2.24) is 0 Å². The molecule has 0 radical (unpaired) electrons. The highest BCUT2D eigenvalue weighted by Crippen LogP contribution is 2.30. The van der Waals surface area contributed by atoms with Crippen LogP contribution < -0.4 is 0 Å². The van der Waals surface area contributed by atoms with E-state index in [0.29, 0.717) is 25.7 Å². The van der Waals surface area contributed by atoms with Crippen LogP contribution in [0.1, 0.15) is 25.7 Å². The molecule has 0 spiro atoms. The molecule has 4 heteroatoms. The summed E-state index contributed by atoms with van der Waals surface area (Å²) in [6, 6.07) is 0. The molecule has 1 rings (SSSR count). The molecule has 1 N–H and O–H groups in total. The van der Waals surface area contributed by atoms with Crippen LogP contribution in [-0.4, -0.2) is 11.1 Å². The Morgan fingerprint density at radius 1 is 1.23 bits per heavy atom. The van der Waals surface area contributed by atoms with Gasteiger partial charge in [0.25, 0.3) is 6.08 Å². The molecular formula is C9H12F2O2. The molecule has 13 heavy (non-hydrogen) atoms. The maximum absolute atomic E-state index is 11.8. The summed E-state index contributed by atoms with van der Waals surface area (Å²) in [6.45, 7) is 0. The summed E-state index contributed by atoms with van der Waals surface area (Å²) in [5.74, 6) is -1.25. The third-order valence-corrected chi connectivity index (χ3v) is 2.48. The van der Waals surface area contributed by atoms with Crippen LogP contribution in [-0.2, 0) is 4.79 Å². The van der Waals surface area contributed by atoms with Crippen LogP contribution in [0.25, 0.3) is 0 Å². The number of hydrogen-bond donors (Lipinski definition) is 1. The van der Waals surface area contributed by atoms with Gasteiger partial charge in [0.2, 0.25) is 0 Å². The summed E-state index contributed by atoms with van der Waals surface area (Å²) in [7, 11) is 0. The number of carboxylic acid groups (broad SMARTS) is 1. The summed E-state index contributed by atoms with van der Waals surface area (Å²) >= 11 is 0. The van der Waals surface area contributed by atoms with Gasteiger partial charge in [-0.1, -0.05) is 0 Å². The second-order valence-corrected chi connectivity index (χ2v) is 3.41. The Morgan fingerprint density at radius 2 is 1.77 bits per heavy atom. The van der Waals surface area contributed by atoms with Gasteiger partial charge in [0.05, 0.1) is 5.92 Å². The predicted octanol–water partition coefficient (Wildman–Crippen LogP) is 2.66. The summed E-state index contributed by atoms with van der Waals surface area (Å²) in [5.41, 5.74) is 0. The molecule has 0 aromatic carbocycles. The van der Waals surface area contributed by atoms with Gasteiger partial charge < -0.3 is 5.11 Å². The Labute approximate surface area is 75.3 Å². The maximum Gasteiger partial charge on any atom is 0.306 e. The van der Waals surface area contributed by atoms with Gasteiger partial charge in [-0.15, -0.1) is 0 Å². The van der Waals surface area contributed by atoms with Gasteiger partial charge in [-0.25, -0.2) is 0 Å². The van der Waals surface area contributed by atoms with Crippen molar-refractivity contribution in [1.29, 1.82) is 0 Å². The standard InChI is InChI=1S/C9H12F2O2/c10-8(11)5-6-1-3-7(4-2-6)9(12)13/h5-7H,1-4H2,(H,12,13). The summed E-state index contributed by atoms with van der Waals surface area (Å²) in [4.78, 5) is 10.5. The van der Waals surface area contributed by atoms with Crippen molar-refractivity contribution >= 4 is 5.97 Å². The van der Waals surface area contributed by atoms with E-state index in [1.165, 1.54) is 0 Å². The third-order valence-electron chi connectivity index (χ3n) is 2.48.